The summed E-state index contributed by atoms with van der Waals surface area (Å²) in [5, 5.41) is 7.29. The van der Waals surface area contributed by atoms with E-state index in [1.165, 1.54) is 0 Å². The monoisotopic (exact) mass is 281 g/mol. The highest BCUT2D eigenvalue weighted by atomic mass is 19.4. The molecule has 110 valence electrons. The number of carbonyl (C=O) groups excluding carboxylic acids is 2. The van der Waals surface area contributed by atoms with Gasteiger partial charge in [-0.2, -0.15) is 13.2 Å². The summed E-state index contributed by atoms with van der Waals surface area (Å²) >= 11 is 0. The van der Waals surface area contributed by atoms with E-state index in [4.69, 9.17) is 0 Å². The molecule has 8 heteroatoms. The van der Waals surface area contributed by atoms with Gasteiger partial charge in [0.15, 0.2) is 0 Å². The van der Waals surface area contributed by atoms with Gasteiger partial charge in [0.05, 0.1) is 0 Å². The van der Waals surface area contributed by atoms with E-state index in [-0.39, 0.29) is 12.1 Å². The summed E-state index contributed by atoms with van der Waals surface area (Å²) < 4.78 is 36.2. The molecule has 1 saturated carbocycles. The summed E-state index contributed by atoms with van der Waals surface area (Å²) in [4.78, 5) is 22.0. The van der Waals surface area contributed by atoms with Crippen molar-refractivity contribution in [2.75, 3.05) is 6.54 Å². The fraction of sp³-hybridized carbons (Fsp3) is 0.818. The molecule has 0 saturated heterocycles. The van der Waals surface area contributed by atoms with Crippen LogP contribution in [0, 0.1) is 0 Å². The largest absolute Gasteiger partial charge is 0.471 e. The Morgan fingerprint density at radius 1 is 1.05 bits per heavy atom. The molecule has 0 aromatic rings. The molecule has 1 rings (SSSR count). The molecule has 0 aliphatic heterocycles. The number of nitrogens with one attached hydrogen (secondary N) is 3. The third kappa shape index (κ3) is 5.35. The molecular formula is C11H18F3N3O2. The lowest BCUT2D eigenvalue weighted by Gasteiger charge is -2.29. The molecule has 19 heavy (non-hydrogen) atoms. The van der Waals surface area contributed by atoms with Crippen molar-refractivity contribution in [2.45, 2.75) is 50.9 Å². The van der Waals surface area contributed by atoms with E-state index in [9.17, 15) is 22.8 Å². The van der Waals surface area contributed by atoms with Crippen molar-refractivity contribution < 1.29 is 22.8 Å². The van der Waals surface area contributed by atoms with E-state index in [0.717, 1.165) is 0 Å². The van der Waals surface area contributed by atoms with Crippen LogP contribution in [0.4, 0.5) is 18.0 Å². The first-order chi connectivity index (χ1) is 8.82. The van der Waals surface area contributed by atoms with Crippen molar-refractivity contribution in [3.05, 3.63) is 0 Å². The molecule has 0 spiro atoms. The van der Waals surface area contributed by atoms with Crippen LogP contribution in [0.5, 0.6) is 0 Å². The third-order valence-electron chi connectivity index (χ3n) is 2.99. The van der Waals surface area contributed by atoms with Gasteiger partial charge in [0, 0.05) is 18.6 Å². The lowest BCUT2D eigenvalue weighted by atomic mass is 9.91. The maximum absolute atomic E-state index is 12.1. The number of amides is 3. The molecule has 1 aliphatic carbocycles. The van der Waals surface area contributed by atoms with E-state index in [1.807, 2.05) is 5.32 Å². The SMILES string of the molecule is CCNC(=O)NC1CCC(NC(=O)C(F)(F)F)CC1. The van der Waals surface area contributed by atoms with Gasteiger partial charge in [0.1, 0.15) is 0 Å². The van der Waals surface area contributed by atoms with Crippen LogP contribution in [0.3, 0.4) is 0 Å². The second-order valence-corrected chi connectivity index (χ2v) is 4.52. The molecular weight excluding hydrogens is 263 g/mol. The second-order valence-electron chi connectivity index (χ2n) is 4.52. The van der Waals surface area contributed by atoms with Gasteiger partial charge in [-0.25, -0.2) is 4.79 Å². The van der Waals surface area contributed by atoms with Gasteiger partial charge in [0.25, 0.3) is 0 Å². The molecule has 3 amide bonds. The number of hydrogen-bond acceptors (Lipinski definition) is 2. The molecule has 1 fully saturated rings. The molecule has 3 N–H and O–H groups in total. The number of rotatable bonds is 3. The summed E-state index contributed by atoms with van der Waals surface area (Å²) in [6, 6.07) is -0.794. The number of halogens is 3. The topological polar surface area (TPSA) is 70.2 Å². The standard InChI is InChI=1S/C11H18F3N3O2/c1-2-15-10(19)17-8-5-3-7(4-6-8)16-9(18)11(12,13)14/h7-8H,2-6H2,1H3,(H,16,18)(H2,15,17,19). The Kier molecular flexibility index (Phi) is 5.44. The van der Waals surface area contributed by atoms with E-state index in [1.54, 1.807) is 6.92 Å². The molecule has 0 unspecified atom stereocenters. The van der Waals surface area contributed by atoms with Crippen LogP contribution in [0.2, 0.25) is 0 Å². The lowest BCUT2D eigenvalue weighted by molar-refractivity contribution is -0.174. The predicted octanol–water partition coefficient (Wildman–Crippen LogP) is 1.30. The Morgan fingerprint density at radius 3 is 1.95 bits per heavy atom. The minimum Gasteiger partial charge on any atom is -0.346 e. The Balaban J connectivity index is 2.29. The smallest absolute Gasteiger partial charge is 0.346 e. The summed E-state index contributed by atoms with van der Waals surface area (Å²) in [6.07, 6.45) is -2.87. The van der Waals surface area contributed by atoms with Crippen molar-refractivity contribution in [2.24, 2.45) is 0 Å². The zero-order valence-corrected chi connectivity index (χ0v) is 10.6. The van der Waals surface area contributed by atoms with Crippen LogP contribution < -0.4 is 16.0 Å². The zero-order valence-electron chi connectivity index (χ0n) is 10.6. The summed E-state index contributed by atoms with van der Waals surface area (Å²) in [7, 11) is 0. The van der Waals surface area contributed by atoms with Gasteiger partial charge in [-0.1, -0.05) is 0 Å². The van der Waals surface area contributed by atoms with Gasteiger partial charge in [0.2, 0.25) is 0 Å². The van der Waals surface area contributed by atoms with Gasteiger partial charge in [-0.15, -0.1) is 0 Å². The number of alkyl halides is 3. The first-order valence-corrected chi connectivity index (χ1v) is 6.25. The molecule has 0 bridgehead atoms. The first-order valence-electron chi connectivity index (χ1n) is 6.25. The maximum atomic E-state index is 12.1. The predicted molar refractivity (Wildman–Crippen MR) is 62.5 cm³/mol. The van der Waals surface area contributed by atoms with Crippen molar-refractivity contribution in [3.8, 4) is 0 Å². The average molecular weight is 281 g/mol. The second kappa shape index (κ2) is 6.63. The number of carbonyl (C=O) groups is 2. The van der Waals surface area contributed by atoms with Crippen LogP contribution in [0.1, 0.15) is 32.6 Å². The normalized spacial score (nSPS) is 23.6. The fourth-order valence-electron chi connectivity index (χ4n) is 2.05. The molecule has 0 radical (unpaired) electrons. The minimum atomic E-state index is -4.84. The Hall–Kier alpha value is -1.47. The van der Waals surface area contributed by atoms with Crippen LogP contribution in [-0.4, -0.2) is 36.7 Å². The summed E-state index contributed by atoms with van der Waals surface area (Å²) in [6.45, 7) is 2.31. The van der Waals surface area contributed by atoms with Crippen LogP contribution in [0.25, 0.3) is 0 Å². The number of urea groups is 1. The highest BCUT2D eigenvalue weighted by Crippen LogP contribution is 2.21. The Bertz CT molecular complexity index is 326. The van der Waals surface area contributed by atoms with Crippen molar-refractivity contribution in [3.63, 3.8) is 0 Å². The van der Waals surface area contributed by atoms with Crippen LogP contribution in [-0.2, 0) is 4.79 Å². The Morgan fingerprint density at radius 2 is 1.53 bits per heavy atom. The van der Waals surface area contributed by atoms with E-state index >= 15 is 0 Å². The third-order valence-corrected chi connectivity index (χ3v) is 2.99. The van der Waals surface area contributed by atoms with E-state index in [0.29, 0.717) is 32.2 Å². The maximum Gasteiger partial charge on any atom is 0.471 e. The zero-order chi connectivity index (χ0) is 14.5. The van der Waals surface area contributed by atoms with Gasteiger partial charge >= 0.3 is 18.1 Å². The lowest BCUT2D eigenvalue weighted by Crippen LogP contribution is -2.48. The van der Waals surface area contributed by atoms with Crippen molar-refractivity contribution >= 4 is 11.9 Å². The Labute approximate surface area is 109 Å². The highest BCUT2D eigenvalue weighted by Gasteiger charge is 2.40. The molecule has 5 nitrogen and oxygen atoms in total. The van der Waals surface area contributed by atoms with Crippen LogP contribution in [0.15, 0.2) is 0 Å². The molecule has 0 aromatic heterocycles. The quantitative estimate of drug-likeness (QED) is 0.729. The highest BCUT2D eigenvalue weighted by molar-refractivity contribution is 5.81. The summed E-state index contributed by atoms with van der Waals surface area (Å²) in [5.41, 5.74) is 0. The van der Waals surface area contributed by atoms with Crippen molar-refractivity contribution in [1.82, 2.24) is 16.0 Å². The van der Waals surface area contributed by atoms with E-state index < -0.39 is 18.1 Å². The van der Waals surface area contributed by atoms with Gasteiger partial charge in [-0.05, 0) is 32.6 Å². The van der Waals surface area contributed by atoms with Crippen LogP contribution >= 0.6 is 0 Å². The minimum absolute atomic E-state index is 0.0504. The van der Waals surface area contributed by atoms with Gasteiger partial charge < -0.3 is 16.0 Å². The first kappa shape index (κ1) is 15.6. The number of hydrogen-bond donors (Lipinski definition) is 3. The van der Waals surface area contributed by atoms with Crippen molar-refractivity contribution in [1.29, 1.82) is 0 Å². The fourth-order valence-corrected chi connectivity index (χ4v) is 2.05. The molecule has 0 aromatic carbocycles. The molecule has 0 atom stereocenters. The molecule has 0 heterocycles. The van der Waals surface area contributed by atoms with Gasteiger partial charge in [-0.3, -0.25) is 4.79 Å². The average Bonchev–Trinajstić information content (AvgIpc) is 2.30. The summed E-state index contributed by atoms with van der Waals surface area (Å²) in [5.74, 6) is -1.90. The molecule has 1 aliphatic rings. The van der Waals surface area contributed by atoms with E-state index in [2.05, 4.69) is 10.6 Å².